The minimum Gasteiger partial charge on any atom is -0.488 e. The van der Waals surface area contributed by atoms with Gasteiger partial charge in [-0.05, 0) is 38.0 Å². The third kappa shape index (κ3) is 3.06. The molecule has 2 aromatic heterocycles. The molecule has 1 aliphatic carbocycles. The zero-order valence-corrected chi connectivity index (χ0v) is 17.0. The van der Waals surface area contributed by atoms with Crippen LogP contribution in [0.2, 0.25) is 0 Å². The van der Waals surface area contributed by atoms with Crippen molar-refractivity contribution in [1.82, 2.24) is 24.6 Å². The number of benzene rings is 1. The van der Waals surface area contributed by atoms with Gasteiger partial charge in [0.05, 0.1) is 36.8 Å². The van der Waals surface area contributed by atoms with Gasteiger partial charge in [-0.25, -0.2) is 4.98 Å². The van der Waals surface area contributed by atoms with Crippen molar-refractivity contribution in [2.24, 2.45) is 5.92 Å². The van der Waals surface area contributed by atoms with Gasteiger partial charge in [0.2, 0.25) is 5.91 Å². The number of rotatable bonds is 6. The zero-order chi connectivity index (χ0) is 20.2. The molecule has 8 nitrogen and oxygen atoms in total. The van der Waals surface area contributed by atoms with Crippen molar-refractivity contribution in [3.63, 3.8) is 0 Å². The largest absolute Gasteiger partial charge is 0.488 e. The SMILES string of the molecule is C[C@@H](Oc1cc(-c2ccn(C3COC3)n2)cc2ncn(C3CC3)c12)[C@H]1CNC(=O)C1. The fourth-order valence-electron chi connectivity index (χ4n) is 4.33. The number of imidazole rings is 1. The number of nitrogens with one attached hydrogen (secondary N) is 1. The lowest BCUT2D eigenvalue weighted by atomic mass is 10.0. The molecule has 0 bridgehead atoms. The third-order valence-electron chi connectivity index (χ3n) is 6.46. The van der Waals surface area contributed by atoms with Crippen LogP contribution in [0.4, 0.5) is 0 Å². The predicted molar refractivity (Wildman–Crippen MR) is 110 cm³/mol. The highest BCUT2D eigenvalue weighted by atomic mass is 16.5. The van der Waals surface area contributed by atoms with E-state index in [2.05, 4.69) is 27.0 Å². The first kappa shape index (κ1) is 17.9. The molecule has 2 aliphatic heterocycles. The van der Waals surface area contributed by atoms with E-state index in [1.165, 1.54) is 12.8 Å². The number of ether oxygens (including phenoxy) is 2. The third-order valence-corrected chi connectivity index (χ3v) is 6.46. The van der Waals surface area contributed by atoms with Gasteiger partial charge >= 0.3 is 0 Å². The minimum absolute atomic E-state index is 0.0744. The molecule has 3 aromatic rings. The number of carbonyl (C=O) groups excluding carboxylic acids is 1. The van der Waals surface area contributed by atoms with Crippen LogP contribution in [0, 0.1) is 5.92 Å². The van der Waals surface area contributed by atoms with E-state index in [0.717, 1.165) is 28.0 Å². The van der Waals surface area contributed by atoms with Gasteiger partial charge in [0.15, 0.2) is 0 Å². The standard InChI is InChI=1S/C22H25N5O3/c1-13(15-8-21(28)23-9-15)30-20-7-14(18-4-5-27(25-18)17-10-29-11-17)6-19-22(20)26(12-24-19)16-2-3-16/h4-7,12-13,15-17H,2-3,8-11H2,1H3,(H,23,28)/t13-,15-/m1/s1. The van der Waals surface area contributed by atoms with Crippen molar-refractivity contribution >= 4 is 16.9 Å². The molecule has 4 heterocycles. The van der Waals surface area contributed by atoms with Crippen molar-refractivity contribution in [1.29, 1.82) is 0 Å². The number of hydrogen-bond donors (Lipinski definition) is 1. The molecular weight excluding hydrogens is 382 g/mol. The maximum atomic E-state index is 11.7. The summed E-state index contributed by atoms with van der Waals surface area (Å²) in [6.07, 6.45) is 6.73. The summed E-state index contributed by atoms with van der Waals surface area (Å²) in [5.74, 6) is 1.09. The summed E-state index contributed by atoms with van der Waals surface area (Å²) in [5.41, 5.74) is 3.85. The molecule has 1 amide bonds. The van der Waals surface area contributed by atoms with E-state index in [1.54, 1.807) is 0 Å². The second kappa shape index (κ2) is 6.84. The highest BCUT2D eigenvalue weighted by Crippen LogP contribution is 2.41. The van der Waals surface area contributed by atoms with Crippen molar-refractivity contribution in [3.05, 3.63) is 30.7 Å². The van der Waals surface area contributed by atoms with Crippen molar-refractivity contribution in [3.8, 4) is 17.0 Å². The number of carbonyl (C=O) groups is 1. The zero-order valence-electron chi connectivity index (χ0n) is 17.0. The number of nitrogens with zero attached hydrogens (tertiary/aromatic N) is 4. The topological polar surface area (TPSA) is 83.2 Å². The smallest absolute Gasteiger partial charge is 0.220 e. The molecule has 1 aromatic carbocycles. The molecule has 1 N–H and O–H groups in total. The van der Waals surface area contributed by atoms with Crippen LogP contribution >= 0.6 is 0 Å². The van der Waals surface area contributed by atoms with E-state index in [4.69, 9.17) is 14.6 Å². The predicted octanol–water partition coefficient (Wildman–Crippen LogP) is 2.71. The maximum Gasteiger partial charge on any atom is 0.220 e. The lowest BCUT2D eigenvalue weighted by molar-refractivity contribution is -0.119. The summed E-state index contributed by atoms with van der Waals surface area (Å²) in [6.45, 7) is 4.14. The van der Waals surface area contributed by atoms with Crippen LogP contribution in [0.25, 0.3) is 22.3 Å². The maximum absolute atomic E-state index is 11.7. The summed E-state index contributed by atoms with van der Waals surface area (Å²) in [7, 11) is 0. The second-order valence-electron chi connectivity index (χ2n) is 8.69. The summed E-state index contributed by atoms with van der Waals surface area (Å²) < 4.78 is 16.0. The molecule has 3 fully saturated rings. The molecule has 3 aliphatic rings. The van der Waals surface area contributed by atoms with Gasteiger partial charge in [-0.3, -0.25) is 9.48 Å². The van der Waals surface area contributed by atoms with Crippen LogP contribution in [-0.4, -0.2) is 51.1 Å². The molecule has 1 saturated carbocycles. The normalized spacial score (nSPS) is 22.8. The van der Waals surface area contributed by atoms with Gasteiger partial charge in [-0.2, -0.15) is 5.10 Å². The van der Waals surface area contributed by atoms with E-state index in [-0.39, 0.29) is 17.9 Å². The van der Waals surface area contributed by atoms with E-state index in [9.17, 15) is 4.79 Å². The van der Waals surface area contributed by atoms with Crippen LogP contribution in [0.5, 0.6) is 5.75 Å². The monoisotopic (exact) mass is 407 g/mol. The Kier molecular flexibility index (Phi) is 4.09. The number of hydrogen-bond acceptors (Lipinski definition) is 5. The van der Waals surface area contributed by atoms with Crippen LogP contribution < -0.4 is 10.1 Å². The highest BCUT2D eigenvalue weighted by Gasteiger charge is 2.31. The Hall–Kier alpha value is -2.87. The summed E-state index contributed by atoms with van der Waals surface area (Å²) in [4.78, 5) is 16.3. The van der Waals surface area contributed by atoms with Crippen LogP contribution in [0.15, 0.2) is 30.7 Å². The second-order valence-corrected chi connectivity index (χ2v) is 8.69. The summed E-state index contributed by atoms with van der Waals surface area (Å²) in [6, 6.07) is 7.03. The lowest BCUT2D eigenvalue weighted by Gasteiger charge is -2.26. The van der Waals surface area contributed by atoms with Crippen LogP contribution in [0.1, 0.15) is 38.3 Å². The Bertz CT molecular complexity index is 1110. The number of aromatic nitrogens is 4. The average Bonchev–Trinajstić information content (AvgIpc) is 3.08. The Labute approximate surface area is 174 Å². The Morgan fingerprint density at radius 3 is 2.83 bits per heavy atom. The number of amides is 1. The average molecular weight is 407 g/mol. The molecule has 30 heavy (non-hydrogen) atoms. The molecule has 2 saturated heterocycles. The Morgan fingerprint density at radius 2 is 2.13 bits per heavy atom. The molecule has 2 atom stereocenters. The van der Waals surface area contributed by atoms with Gasteiger partial charge in [0.1, 0.15) is 17.4 Å². The molecule has 6 rings (SSSR count). The van der Waals surface area contributed by atoms with E-state index >= 15 is 0 Å². The van der Waals surface area contributed by atoms with Gasteiger partial charge in [0.25, 0.3) is 0 Å². The molecule has 0 spiro atoms. The van der Waals surface area contributed by atoms with Crippen molar-refractivity contribution in [2.45, 2.75) is 44.4 Å². The molecule has 8 heteroatoms. The van der Waals surface area contributed by atoms with Crippen molar-refractivity contribution < 1.29 is 14.3 Å². The molecule has 156 valence electrons. The van der Waals surface area contributed by atoms with Gasteiger partial charge < -0.3 is 19.4 Å². The molecule has 0 radical (unpaired) electrons. The van der Waals surface area contributed by atoms with Gasteiger partial charge in [-0.15, -0.1) is 0 Å². The highest BCUT2D eigenvalue weighted by molar-refractivity contribution is 5.87. The quantitative estimate of drug-likeness (QED) is 0.679. The molecular formula is C22H25N5O3. The summed E-state index contributed by atoms with van der Waals surface area (Å²) >= 11 is 0. The van der Waals surface area contributed by atoms with Crippen LogP contribution in [-0.2, 0) is 9.53 Å². The first-order valence-electron chi connectivity index (χ1n) is 10.7. The first-order valence-corrected chi connectivity index (χ1v) is 10.7. The fraction of sp³-hybridized carbons (Fsp3) is 0.500. The Balaban J connectivity index is 1.38. The lowest BCUT2D eigenvalue weighted by Crippen LogP contribution is -2.30. The van der Waals surface area contributed by atoms with Gasteiger partial charge in [-0.1, -0.05) is 0 Å². The van der Waals surface area contributed by atoms with E-state index in [0.29, 0.717) is 38.3 Å². The van der Waals surface area contributed by atoms with Crippen LogP contribution in [0.3, 0.4) is 0 Å². The number of fused-ring (bicyclic) bond motifs is 1. The minimum atomic E-state index is -0.0744. The first-order chi connectivity index (χ1) is 14.7. The fourth-order valence-corrected chi connectivity index (χ4v) is 4.33. The van der Waals surface area contributed by atoms with E-state index < -0.39 is 0 Å². The van der Waals surface area contributed by atoms with Gasteiger partial charge in [0, 0.05) is 36.7 Å². The van der Waals surface area contributed by atoms with Crippen molar-refractivity contribution in [2.75, 3.05) is 19.8 Å². The summed E-state index contributed by atoms with van der Waals surface area (Å²) in [5, 5.41) is 7.67. The molecule has 0 unspecified atom stereocenters. The Morgan fingerprint density at radius 1 is 1.27 bits per heavy atom. The van der Waals surface area contributed by atoms with E-state index in [1.807, 2.05) is 30.2 Å².